The molecule has 3 nitrogen and oxygen atoms in total. The van der Waals surface area contributed by atoms with Crippen LogP contribution in [0.4, 0.5) is 13.2 Å². The van der Waals surface area contributed by atoms with Crippen molar-refractivity contribution in [1.82, 2.24) is 10.2 Å². The lowest BCUT2D eigenvalue weighted by atomic mass is 10.1. The van der Waals surface area contributed by atoms with Gasteiger partial charge in [-0.15, -0.1) is 0 Å². The lowest BCUT2D eigenvalue weighted by molar-refractivity contribution is -0.174. The van der Waals surface area contributed by atoms with E-state index in [-0.39, 0.29) is 6.67 Å². The van der Waals surface area contributed by atoms with Gasteiger partial charge in [-0.05, 0) is 25.9 Å². The molecule has 0 spiro atoms. The van der Waals surface area contributed by atoms with Gasteiger partial charge >= 0.3 is 12.1 Å². The topological polar surface area (TPSA) is 32.3 Å². The third-order valence-corrected chi connectivity index (χ3v) is 2.17. The van der Waals surface area contributed by atoms with E-state index in [1.165, 1.54) is 0 Å². The van der Waals surface area contributed by atoms with Crippen LogP contribution in [-0.4, -0.2) is 36.7 Å². The van der Waals surface area contributed by atoms with Gasteiger partial charge in [-0.2, -0.15) is 13.2 Å². The fourth-order valence-electron chi connectivity index (χ4n) is 1.40. The highest BCUT2D eigenvalue weighted by Gasteiger charge is 2.38. The maximum atomic E-state index is 11.8. The predicted octanol–water partition coefficient (Wildman–Crippen LogP) is 1.11. The van der Waals surface area contributed by atoms with Crippen LogP contribution in [0, 0.1) is 0 Å². The fraction of sp³-hybridized carbons (Fsp3) is 0.875. The Morgan fingerprint density at radius 1 is 1.21 bits per heavy atom. The van der Waals surface area contributed by atoms with Gasteiger partial charge in [0.2, 0.25) is 0 Å². The van der Waals surface area contributed by atoms with E-state index in [2.05, 4.69) is 0 Å². The van der Waals surface area contributed by atoms with E-state index in [9.17, 15) is 18.0 Å². The number of carbonyl (C=O) groups excluding carboxylic acids is 1. The summed E-state index contributed by atoms with van der Waals surface area (Å²) in [5.41, 5.74) is 0. The first-order chi connectivity index (χ1) is 6.50. The van der Waals surface area contributed by atoms with Crippen LogP contribution < -0.4 is 5.32 Å². The van der Waals surface area contributed by atoms with Crippen molar-refractivity contribution < 1.29 is 18.0 Å². The number of carbonyl (C=O) groups is 1. The standard InChI is InChI=1S/C8H13F3N2O/c9-8(10,11)7(14)12-6-13-4-2-1-3-5-13/h1-6H2,(H,12,14). The van der Waals surface area contributed by atoms with E-state index >= 15 is 0 Å². The molecule has 0 aromatic heterocycles. The molecule has 0 radical (unpaired) electrons. The number of hydrogen-bond donors (Lipinski definition) is 1. The second-order valence-electron chi connectivity index (χ2n) is 3.34. The minimum atomic E-state index is -4.77. The summed E-state index contributed by atoms with van der Waals surface area (Å²) in [6.45, 7) is 1.52. The van der Waals surface area contributed by atoms with Crippen molar-refractivity contribution in [2.45, 2.75) is 25.4 Å². The molecular formula is C8H13F3N2O. The Kier molecular flexibility index (Phi) is 3.74. The Morgan fingerprint density at radius 2 is 1.79 bits per heavy atom. The largest absolute Gasteiger partial charge is 0.471 e. The highest BCUT2D eigenvalue weighted by Crippen LogP contribution is 2.14. The molecule has 0 unspecified atom stereocenters. The number of nitrogens with one attached hydrogen (secondary N) is 1. The number of amides is 1. The predicted molar refractivity (Wildman–Crippen MR) is 44.5 cm³/mol. The van der Waals surface area contributed by atoms with Gasteiger partial charge < -0.3 is 5.32 Å². The van der Waals surface area contributed by atoms with Gasteiger partial charge in [-0.3, -0.25) is 9.69 Å². The van der Waals surface area contributed by atoms with E-state index in [0.717, 1.165) is 32.4 Å². The Balaban J connectivity index is 2.22. The van der Waals surface area contributed by atoms with E-state index in [1.54, 1.807) is 0 Å². The molecule has 1 heterocycles. The monoisotopic (exact) mass is 210 g/mol. The highest BCUT2D eigenvalue weighted by molar-refractivity contribution is 5.81. The zero-order valence-electron chi connectivity index (χ0n) is 7.73. The van der Waals surface area contributed by atoms with E-state index < -0.39 is 12.1 Å². The lowest BCUT2D eigenvalue weighted by Gasteiger charge is -2.26. The van der Waals surface area contributed by atoms with Crippen LogP contribution in [0.1, 0.15) is 19.3 Å². The number of hydrogen-bond acceptors (Lipinski definition) is 2. The first kappa shape index (κ1) is 11.3. The van der Waals surface area contributed by atoms with Crippen LogP contribution >= 0.6 is 0 Å². The second kappa shape index (κ2) is 4.63. The van der Waals surface area contributed by atoms with Gasteiger partial charge in [0.05, 0.1) is 6.67 Å². The Morgan fingerprint density at radius 3 is 2.29 bits per heavy atom. The van der Waals surface area contributed by atoms with Crippen molar-refractivity contribution >= 4 is 5.91 Å². The first-order valence-electron chi connectivity index (χ1n) is 4.57. The molecule has 0 aromatic carbocycles. The van der Waals surface area contributed by atoms with Gasteiger partial charge in [0.1, 0.15) is 0 Å². The molecule has 0 aliphatic carbocycles. The molecular weight excluding hydrogens is 197 g/mol. The minimum Gasteiger partial charge on any atom is -0.336 e. The Hall–Kier alpha value is -0.780. The van der Waals surface area contributed by atoms with Crippen molar-refractivity contribution in [3.8, 4) is 0 Å². The minimum absolute atomic E-state index is 0.00164. The average Bonchev–Trinajstić information content (AvgIpc) is 2.14. The van der Waals surface area contributed by atoms with Gasteiger partial charge in [-0.25, -0.2) is 0 Å². The number of halogens is 3. The molecule has 0 saturated carbocycles. The first-order valence-corrected chi connectivity index (χ1v) is 4.57. The van der Waals surface area contributed by atoms with E-state index in [0.29, 0.717) is 0 Å². The summed E-state index contributed by atoms with van der Waals surface area (Å²) in [5.74, 6) is -1.86. The summed E-state index contributed by atoms with van der Waals surface area (Å²) >= 11 is 0. The molecule has 1 aliphatic heterocycles. The second-order valence-corrected chi connectivity index (χ2v) is 3.34. The molecule has 82 valence electrons. The molecule has 1 N–H and O–H groups in total. The third kappa shape index (κ3) is 3.53. The van der Waals surface area contributed by atoms with Crippen LogP contribution in [0.3, 0.4) is 0 Å². The van der Waals surface area contributed by atoms with Crippen LogP contribution in [-0.2, 0) is 4.79 Å². The van der Waals surface area contributed by atoms with E-state index in [1.807, 2.05) is 10.2 Å². The summed E-state index contributed by atoms with van der Waals surface area (Å²) in [7, 11) is 0. The number of rotatable bonds is 2. The smallest absolute Gasteiger partial charge is 0.336 e. The van der Waals surface area contributed by atoms with Crippen molar-refractivity contribution in [2.75, 3.05) is 19.8 Å². The van der Waals surface area contributed by atoms with E-state index in [4.69, 9.17) is 0 Å². The van der Waals surface area contributed by atoms with Crippen LogP contribution in [0.2, 0.25) is 0 Å². The van der Waals surface area contributed by atoms with Crippen molar-refractivity contribution in [1.29, 1.82) is 0 Å². The van der Waals surface area contributed by atoms with Gasteiger partial charge in [-0.1, -0.05) is 6.42 Å². The molecule has 0 bridgehead atoms. The normalized spacial score (nSPS) is 19.4. The molecule has 1 saturated heterocycles. The summed E-state index contributed by atoms with van der Waals surface area (Å²) in [6, 6.07) is 0. The number of likely N-dealkylation sites (tertiary alicyclic amines) is 1. The van der Waals surface area contributed by atoms with Crippen molar-refractivity contribution in [3.05, 3.63) is 0 Å². The zero-order chi connectivity index (χ0) is 10.6. The summed E-state index contributed by atoms with van der Waals surface area (Å²) in [6.07, 6.45) is -1.68. The van der Waals surface area contributed by atoms with Crippen molar-refractivity contribution in [2.24, 2.45) is 0 Å². The van der Waals surface area contributed by atoms with Gasteiger partial charge in [0, 0.05) is 0 Å². The number of nitrogens with zero attached hydrogens (tertiary/aromatic N) is 1. The van der Waals surface area contributed by atoms with Crippen LogP contribution in [0.15, 0.2) is 0 Å². The molecule has 14 heavy (non-hydrogen) atoms. The Labute approximate surface area is 80.3 Å². The molecule has 1 rings (SSSR count). The number of piperidine rings is 1. The molecule has 1 amide bonds. The molecule has 0 aromatic rings. The quantitative estimate of drug-likeness (QED) is 0.740. The molecule has 0 atom stereocenters. The van der Waals surface area contributed by atoms with Gasteiger partial charge in [0.25, 0.3) is 0 Å². The lowest BCUT2D eigenvalue weighted by Crippen LogP contribution is -2.45. The maximum Gasteiger partial charge on any atom is 0.471 e. The molecule has 1 fully saturated rings. The maximum absolute atomic E-state index is 11.8. The fourth-order valence-corrected chi connectivity index (χ4v) is 1.40. The zero-order valence-corrected chi connectivity index (χ0v) is 7.73. The summed E-state index contributed by atoms with van der Waals surface area (Å²) in [5, 5.41) is 1.85. The summed E-state index contributed by atoms with van der Waals surface area (Å²) in [4.78, 5) is 12.3. The van der Waals surface area contributed by atoms with Crippen molar-refractivity contribution in [3.63, 3.8) is 0 Å². The van der Waals surface area contributed by atoms with Crippen LogP contribution in [0.5, 0.6) is 0 Å². The van der Waals surface area contributed by atoms with Gasteiger partial charge in [0.15, 0.2) is 0 Å². The van der Waals surface area contributed by atoms with Crippen LogP contribution in [0.25, 0.3) is 0 Å². The third-order valence-electron chi connectivity index (χ3n) is 2.17. The summed E-state index contributed by atoms with van der Waals surface area (Å²) < 4.78 is 35.3. The highest BCUT2D eigenvalue weighted by atomic mass is 19.4. The molecule has 6 heteroatoms. The SMILES string of the molecule is O=C(NCN1CCCCC1)C(F)(F)F. The molecule has 1 aliphatic rings. The average molecular weight is 210 g/mol. The Bertz CT molecular complexity index is 199. The number of alkyl halides is 3.